The third kappa shape index (κ3) is 2.46. The number of hydrogen-bond acceptors (Lipinski definition) is 3. The Morgan fingerprint density at radius 3 is 2.71 bits per heavy atom. The van der Waals surface area contributed by atoms with Gasteiger partial charge in [-0.05, 0) is 27.6 Å². The van der Waals surface area contributed by atoms with Crippen LogP contribution in [0.15, 0.2) is 22.7 Å². The molecule has 1 rings (SSSR count). The standard InChI is InChI=1S/C9H9BrO4/c10-6-3-1-2-5(8(6)12)4-7(11)9(13)14/h1-3,7,11-12H,4H2,(H,13,14). The van der Waals surface area contributed by atoms with Gasteiger partial charge in [-0.1, -0.05) is 12.1 Å². The highest BCUT2D eigenvalue weighted by Crippen LogP contribution is 2.28. The van der Waals surface area contributed by atoms with E-state index in [-0.39, 0.29) is 12.2 Å². The molecule has 0 spiro atoms. The Hall–Kier alpha value is -1.07. The summed E-state index contributed by atoms with van der Waals surface area (Å²) in [6.45, 7) is 0. The smallest absolute Gasteiger partial charge is 0.332 e. The molecule has 76 valence electrons. The third-order valence-electron chi connectivity index (χ3n) is 1.77. The maximum Gasteiger partial charge on any atom is 0.332 e. The molecule has 0 aliphatic rings. The molecule has 3 N–H and O–H groups in total. The predicted octanol–water partition coefficient (Wildman–Crippen LogP) is 1.14. The van der Waals surface area contributed by atoms with E-state index in [0.717, 1.165) is 0 Å². The number of carbonyl (C=O) groups is 1. The lowest BCUT2D eigenvalue weighted by molar-refractivity contribution is -0.146. The van der Waals surface area contributed by atoms with Crippen LogP contribution in [0.4, 0.5) is 0 Å². The zero-order chi connectivity index (χ0) is 10.7. The zero-order valence-corrected chi connectivity index (χ0v) is 8.73. The normalized spacial score (nSPS) is 12.4. The second-order valence-electron chi connectivity index (χ2n) is 2.81. The lowest BCUT2D eigenvalue weighted by Crippen LogP contribution is -2.21. The average molecular weight is 261 g/mol. The van der Waals surface area contributed by atoms with Gasteiger partial charge in [-0.15, -0.1) is 0 Å². The molecule has 1 aromatic rings. The van der Waals surface area contributed by atoms with Crippen molar-refractivity contribution in [1.82, 2.24) is 0 Å². The maximum absolute atomic E-state index is 10.4. The molecular formula is C9H9BrO4. The van der Waals surface area contributed by atoms with Crippen LogP contribution in [-0.2, 0) is 11.2 Å². The molecule has 1 atom stereocenters. The summed E-state index contributed by atoms with van der Waals surface area (Å²) in [5, 5.41) is 27.0. The number of benzene rings is 1. The van der Waals surface area contributed by atoms with E-state index in [2.05, 4.69) is 15.9 Å². The Labute approximate surface area is 88.9 Å². The van der Waals surface area contributed by atoms with Crippen molar-refractivity contribution < 1.29 is 20.1 Å². The van der Waals surface area contributed by atoms with Crippen LogP contribution < -0.4 is 0 Å². The summed E-state index contributed by atoms with van der Waals surface area (Å²) in [7, 11) is 0. The molecule has 0 heterocycles. The number of aliphatic carboxylic acids is 1. The minimum atomic E-state index is -1.49. The minimum Gasteiger partial charge on any atom is -0.506 e. The molecule has 1 unspecified atom stereocenters. The number of halogens is 1. The van der Waals surface area contributed by atoms with Crippen molar-refractivity contribution in [3.63, 3.8) is 0 Å². The van der Waals surface area contributed by atoms with Crippen LogP contribution in [0.3, 0.4) is 0 Å². The number of phenolic OH excluding ortho intramolecular Hbond substituents is 1. The molecule has 0 saturated heterocycles. The molecular weight excluding hydrogens is 252 g/mol. The number of aliphatic hydroxyl groups excluding tert-OH is 1. The van der Waals surface area contributed by atoms with E-state index in [1.165, 1.54) is 0 Å². The summed E-state index contributed by atoms with van der Waals surface area (Å²) in [6, 6.07) is 4.85. The average Bonchev–Trinajstić information content (AvgIpc) is 2.12. The lowest BCUT2D eigenvalue weighted by atomic mass is 10.1. The second-order valence-corrected chi connectivity index (χ2v) is 3.66. The topological polar surface area (TPSA) is 77.8 Å². The molecule has 0 radical (unpaired) electrons. The first-order valence-corrected chi connectivity index (χ1v) is 4.69. The molecule has 0 aliphatic heterocycles. The number of rotatable bonds is 3. The molecule has 0 fully saturated rings. The van der Waals surface area contributed by atoms with E-state index in [4.69, 9.17) is 10.2 Å². The first kappa shape index (κ1) is 11.0. The van der Waals surface area contributed by atoms with Crippen LogP contribution in [-0.4, -0.2) is 27.4 Å². The Morgan fingerprint density at radius 1 is 1.50 bits per heavy atom. The Morgan fingerprint density at radius 2 is 2.14 bits per heavy atom. The first-order valence-electron chi connectivity index (χ1n) is 3.89. The van der Waals surface area contributed by atoms with Crippen molar-refractivity contribution in [1.29, 1.82) is 0 Å². The van der Waals surface area contributed by atoms with Crippen LogP contribution in [0.1, 0.15) is 5.56 Å². The SMILES string of the molecule is O=C(O)C(O)Cc1cccc(Br)c1O. The summed E-state index contributed by atoms with van der Waals surface area (Å²) >= 11 is 3.09. The number of para-hydroxylation sites is 1. The molecule has 0 aromatic heterocycles. The summed E-state index contributed by atoms with van der Waals surface area (Å²) in [5.74, 6) is -1.34. The van der Waals surface area contributed by atoms with Crippen LogP contribution in [0, 0.1) is 0 Å². The minimum absolute atomic E-state index is 0.0344. The highest BCUT2D eigenvalue weighted by Gasteiger charge is 2.16. The van der Waals surface area contributed by atoms with E-state index < -0.39 is 12.1 Å². The fourth-order valence-corrected chi connectivity index (χ4v) is 1.43. The monoisotopic (exact) mass is 260 g/mol. The van der Waals surface area contributed by atoms with Gasteiger partial charge in [-0.3, -0.25) is 0 Å². The summed E-state index contributed by atoms with van der Waals surface area (Å²) in [4.78, 5) is 10.4. The van der Waals surface area contributed by atoms with Crippen molar-refractivity contribution in [2.24, 2.45) is 0 Å². The van der Waals surface area contributed by atoms with Crippen LogP contribution in [0.2, 0.25) is 0 Å². The van der Waals surface area contributed by atoms with Gasteiger partial charge in [0, 0.05) is 6.42 Å². The molecule has 14 heavy (non-hydrogen) atoms. The summed E-state index contributed by atoms with van der Waals surface area (Å²) in [5.41, 5.74) is 0.397. The molecule has 1 aromatic carbocycles. The van der Waals surface area contributed by atoms with Crippen molar-refractivity contribution in [3.8, 4) is 5.75 Å². The Bertz CT molecular complexity index is 351. The van der Waals surface area contributed by atoms with Crippen LogP contribution >= 0.6 is 15.9 Å². The third-order valence-corrected chi connectivity index (χ3v) is 2.41. The van der Waals surface area contributed by atoms with Gasteiger partial charge in [0.05, 0.1) is 4.47 Å². The van der Waals surface area contributed by atoms with Gasteiger partial charge in [0.25, 0.3) is 0 Å². The van der Waals surface area contributed by atoms with Crippen molar-refractivity contribution in [2.45, 2.75) is 12.5 Å². The largest absolute Gasteiger partial charge is 0.506 e. The highest BCUT2D eigenvalue weighted by molar-refractivity contribution is 9.10. The van der Waals surface area contributed by atoms with E-state index in [0.29, 0.717) is 10.0 Å². The van der Waals surface area contributed by atoms with Crippen molar-refractivity contribution in [3.05, 3.63) is 28.2 Å². The number of aliphatic hydroxyl groups is 1. The number of phenols is 1. The van der Waals surface area contributed by atoms with Gasteiger partial charge in [0.15, 0.2) is 6.10 Å². The van der Waals surface area contributed by atoms with Crippen molar-refractivity contribution >= 4 is 21.9 Å². The Kier molecular flexibility index (Phi) is 3.49. The summed E-state index contributed by atoms with van der Waals surface area (Å²) in [6.07, 6.45) is -1.60. The fourth-order valence-electron chi connectivity index (χ4n) is 1.02. The highest BCUT2D eigenvalue weighted by atomic mass is 79.9. The zero-order valence-electron chi connectivity index (χ0n) is 7.14. The number of aromatic hydroxyl groups is 1. The number of carboxylic acids is 1. The van der Waals surface area contributed by atoms with Gasteiger partial charge in [0.2, 0.25) is 0 Å². The predicted molar refractivity (Wildman–Crippen MR) is 53.2 cm³/mol. The van der Waals surface area contributed by atoms with E-state index in [1.54, 1.807) is 18.2 Å². The van der Waals surface area contributed by atoms with Crippen molar-refractivity contribution in [2.75, 3.05) is 0 Å². The molecule has 0 amide bonds. The molecule has 4 nitrogen and oxygen atoms in total. The van der Waals surface area contributed by atoms with Gasteiger partial charge < -0.3 is 15.3 Å². The lowest BCUT2D eigenvalue weighted by Gasteiger charge is -2.08. The molecule has 0 aliphatic carbocycles. The van der Waals surface area contributed by atoms with Gasteiger partial charge in [-0.25, -0.2) is 4.79 Å². The van der Waals surface area contributed by atoms with E-state index >= 15 is 0 Å². The fraction of sp³-hybridized carbons (Fsp3) is 0.222. The molecule has 0 saturated carbocycles. The van der Waals surface area contributed by atoms with Gasteiger partial charge in [-0.2, -0.15) is 0 Å². The number of carboxylic acid groups (broad SMARTS) is 1. The van der Waals surface area contributed by atoms with Crippen LogP contribution in [0.25, 0.3) is 0 Å². The number of hydrogen-bond donors (Lipinski definition) is 3. The first-order chi connectivity index (χ1) is 6.52. The maximum atomic E-state index is 10.4. The van der Waals surface area contributed by atoms with E-state index in [1.807, 2.05) is 0 Å². The van der Waals surface area contributed by atoms with Gasteiger partial charge >= 0.3 is 5.97 Å². The molecule has 0 bridgehead atoms. The Balaban J connectivity index is 2.87. The quantitative estimate of drug-likeness (QED) is 0.762. The van der Waals surface area contributed by atoms with Gasteiger partial charge in [0.1, 0.15) is 5.75 Å². The second kappa shape index (κ2) is 4.43. The summed E-state index contributed by atoms with van der Waals surface area (Å²) < 4.78 is 0.479. The molecule has 5 heteroatoms. The van der Waals surface area contributed by atoms with E-state index in [9.17, 15) is 9.90 Å². The van der Waals surface area contributed by atoms with Crippen LogP contribution in [0.5, 0.6) is 5.75 Å².